The number of carbonyl (C=O) groups is 1. The van der Waals surface area contributed by atoms with E-state index in [1.165, 1.54) is 21.3 Å². The summed E-state index contributed by atoms with van der Waals surface area (Å²) in [5, 5.41) is 3.16. The quantitative estimate of drug-likeness (QED) is 0.620. The van der Waals surface area contributed by atoms with Crippen LogP contribution in [0.15, 0.2) is 36.4 Å². The molecule has 1 N–H and O–H groups in total. The Morgan fingerprint density at radius 3 is 2.21 bits per heavy atom. The second-order valence-electron chi connectivity index (χ2n) is 4.86. The van der Waals surface area contributed by atoms with Gasteiger partial charge in [0, 0.05) is 18.3 Å². The molecule has 0 aliphatic rings. The van der Waals surface area contributed by atoms with Crippen LogP contribution in [0.25, 0.3) is 0 Å². The number of methoxy groups -OCH3 is 3. The molecule has 2 aromatic rings. The van der Waals surface area contributed by atoms with Gasteiger partial charge in [0.1, 0.15) is 5.75 Å². The fraction of sp³-hybridized carbons (Fsp3) is 0.278. The van der Waals surface area contributed by atoms with Crippen molar-refractivity contribution in [1.29, 1.82) is 0 Å². The van der Waals surface area contributed by atoms with Crippen molar-refractivity contribution in [2.45, 2.75) is 6.92 Å². The zero-order chi connectivity index (χ0) is 17.5. The highest BCUT2D eigenvalue weighted by atomic mass is 16.5. The summed E-state index contributed by atoms with van der Waals surface area (Å²) in [6, 6.07) is 10.3. The van der Waals surface area contributed by atoms with Gasteiger partial charge in [0.05, 0.1) is 26.9 Å². The van der Waals surface area contributed by atoms with Crippen LogP contribution in [-0.2, 0) is 0 Å². The van der Waals surface area contributed by atoms with Gasteiger partial charge in [-0.3, -0.25) is 0 Å². The van der Waals surface area contributed by atoms with Crippen LogP contribution >= 0.6 is 0 Å². The number of carbonyl (C=O) groups excluding carboxylic acids is 1. The van der Waals surface area contributed by atoms with Gasteiger partial charge in [-0.15, -0.1) is 0 Å². The molecule has 2 rings (SSSR count). The van der Waals surface area contributed by atoms with Crippen LogP contribution in [0.2, 0.25) is 0 Å². The summed E-state index contributed by atoms with van der Waals surface area (Å²) in [4.78, 5) is 12.4. The zero-order valence-electron chi connectivity index (χ0n) is 14.2. The fourth-order valence-electron chi connectivity index (χ4n) is 2.24. The molecule has 0 fully saturated rings. The number of rotatable bonds is 7. The van der Waals surface area contributed by atoms with E-state index in [4.69, 9.17) is 18.9 Å². The van der Waals surface area contributed by atoms with Crippen LogP contribution in [0.1, 0.15) is 17.3 Å². The van der Waals surface area contributed by atoms with Gasteiger partial charge in [-0.1, -0.05) is 6.07 Å². The fourth-order valence-corrected chi connectivity index (χ4v) is 2.24. The predicted molar refractivity (Wildman–Crippen MR) is 91.7 cm³/mol. The molecule has 0 aliphatic heterocycles. The molecule has 0 atom stereocenters. The van der Waals surface area contributed by atoms with Gasteiger partial charge in [-0.05, 0) is 31.2 Å². The predicted octanol–water partition coefficient (Wildman–Crippen LogP) is 3.36. The average molecular weight is 331 g/mol. The summed E-state index contributed by atoms with van der Waals surface area (Å²) in [5.74, 6) is 1.15. The number of ether oxygens (including phenoxy) is 4. The monoisotopic (exact) mass is 331 g/mol. The van der Waals surface area contributed by atoms with Crippen molar-refractivity contribution in [3.8, 4) is 23.0 Å². The number of esters is 1. The van der Waals surface area contributed by atoms with E-state index in [1.54, 1.807) is 24.3 Å². The maximum absolute atomic E-state index is 12.4. The first kappa shape index (κ1) is 17.5. The lowest BCUT2D eigenvalue weighted by Crippen LogP contribution is -2.10. The van der Waals surface area contributed by atoms with Crippen LogP contribution in [0, 0.1) is 0 Å². The Morgan fingerprint density at radius 1 is 1.00 bits per heavy atom. The van der Waals surface area contributed by atoms with Gasteiger partial charge in [0.25, 0.3) is 0 Å². The Bertz CT molecular complexity index is 689. The van der Waals surface area contributed by atoms with Crippen LogP contribution in [0.3, 0.4) is 0 Å². The van der Waals surface area contributed by atoms with Crippen molar-refractivity contribution in [2.24, 2.45) is 0 Å². The van der Waals surface area contributed by atoms with Gasteiger partial charge < -0.3 is 24.3 Å². The molecular weight excluding hydrogens is 310 g/mol. The third-order valence-electron chi connectivity index (χ3n) is 3.33. The SMILES string of the molecule is CCNc1cccc(OC(=O)c2cc(OC)c(OC)c(OC)c2)c1. The second-order valence-corrected chi connectivity index (χ2v) is 4.86. The third kappa shape index (κ3) is 3.90. The molecule has 0 amide bonds. The lowest BCUT2D eigenvalue weighted by Gasteiger charge is -2.14. The second kappa shape index (κ2) is 8.10. The minimum absolute atomic E-state index is 0.304. The molecule has 0 radical (unpaired) electrons. The molecule has 0 saturated carbocycles. The maximum atomic E-state index is 12.4. The summed E-state index contributed by atoms with van der Waals surface area (Å²) in [6.07, 6.45) is 0. The molecule has 0 unspecified atom stereocenters. The molecule has 6 nitrogen and oxygen atoms in total. The normalized spacial score (nSPS) is 10.0. The van der Waals surface area contributed by atoms with Crippen LogP contribution in [0.4, 0.5) is 5.69 Å². The molecule has 0 aromatic heterocycles. The summed E-state index contributed by atoms with van der Waals surface area (Å²) in [5.41, 5.74) is 1.19. The molecule has 0 heterocycles. The van der Waals surface area contributed by atoms with Gasteiger partial charge in [-0.2, -0.15) is 0 Å². The first-order chi connectivity index (χ1) is 11.6. The maximum Gasteiger partial charge on any atom is 0.343 e. The van der Waals surface area contributed by atoms with Gasteiger partial charge >= 0.3 is 5.97 Å². The zero-order valence-corrected chi connectivity index (χ0v) is 14.2. The van der Waals surface area contributed by atoms with Gasteiger partial charge in [-0.25, -0.2) is 4.79 Å². The molecular formula is C18H21NO5. The topological polar surface area (TPSA) is 66.0 Å². The van der Waals surface area contributed by atoms with Crippen LogP contribution in [-0.4, -0.2) is 33.8 Å². The molecule has 6 heteroatoms. The van der Waals surface area contributed by atoms with Gasteiger partial charge in [0.2, 0.25) is 5.75 Å². The van der Waals surface area contributed by atoms with E-state index in [-0.39, 0.29) is 0 Å². The summed E-state index contributed by atoms with van der Waals surface area (Å²) in [7, 11) is 4.49. The highest BCUT2D eigenvalue weighted by Crippen LogP contribution is 2.38. The number of nitrogens with one attached hydrogen (secondary N) is 1. The Hall–Kier alpha value is -2.89. The number of hydrogen-bond acceptors (Lipinski definition) is 6. The van der Waals surface area contributed by atoms with E-state index in [2.05, 4.69) is 5.32 Å². The Labute approximate surface area is 141 Å². The summed E-state index contributed by atoms with van der Waals surface area (Å²) >= 11 is 0. The molecule has 0 saturated heterocycles. The highest BCUT2D eigenvalue weighted by Gasteiger charge is 2.18. The summed E-state index contributed by atoms with van der Waals surface area (Å²) < 4.78 is 21.2. The Balaban J connectivity index is 2.28. The molecule has 0 aliphatic carbocycles. The average Bonchev–Trinajstić information content (AvgIpc) is 2.60. The van der Waals surface area contributed by atoms with E-state index in [9.17, 15) is 4.79 Å². The van der Waals surface area contributed by atoms with E-state index >= 15 is 0 Å². The summed E-state index contributed by atoms with van der Waals surface area (Å²) in [6.45, 7) is 2.78. The van der Waals surface area contributed by atoms with Crippen molar-refractivity contribution in [1.82, 2.24) is 0 Å². The third-order valence-corrected chi connectivity index (χ3v) is 3.33. The molecule has 128 valence electrons. The van der Waals surface area contributed by atoms with Crippen molar-refractivity contribution < 1.29 is 23.7 Å². The number of hydrogen-bond donors (Lipinski definition) is 1. The highest BCUT2D eigenvalue weighted by molar-refractivity contribution is 5.92. The Morgan fingerprint density at radius 2 is 1.67 bits per heavy atom. The first-order valence-corrected chi connectivity index (χ1v) is 7.49. The van der Waals surface area contributed by atoms with E-state index in [0.29, 0.717) is 28.6 Å². The standard InChI is InChI=1S/C18H21NO5/c1-5-19-13-7-6-8-14(11-13)24-18(20)12-9-15(21-2)17(23-4)16(10-12)22-3/h6-11,19H,5H2,1-4H3. The number of anilines is 1. The van der Waals surface area contributed by atoms with Gasteiger partial charge in [0.15, 0.2) is 11.5 Å². The van der Waals surface area contributed by atoms with E-state index < -0.39 is 5.97 Å². The van der Waals surface area contributed by atoms with Crippen molar-refractivity contribution >= 4 is 11.7 Å². The lowest BCUT2D eigenvalue weighted by atomic mass is 10.2. The molecule has 0 spiro atoms. The minimum atomic E-state index is -0.511. The van der Waals surface area contributed by atoms with Crippen LogP contribution in [0.5, 0.6) is 23.0 Å². The minimum Gasteiger partial charge on any atom is -0.493 e. The molecule has 0 bridgehead atoms. The number of benzene rings is 2. The first-order valence-electron chi connectivity index (χ1n) is 7.49. The molecule has 24 heavy (non-hydrogen) atoms. The van der Waals surface area contributed by atoms with Crippen molar-refractivity contribution in [3.63, 3.8) is 0 Å². The van der Waals surface area contributed by atoms with E-state index in [0.717, 1.165) is 12.2 Å². The lowest BCUT2D eigenvalue weighted by molar-refractivity contribution is 0.0734. The van der Waals surface area contributed by atoms with Crippen molar-refractivity contribution in [3.05, 3.63) is 42.0 Å². The van der Waals surface area contributed by atoms with Crippen LogP contribution < -0.4 is 24.3 Å². The van der Waals surface area contributed by atoms with E-state index in [1.807, 2.05) is 19.1 Å². The largest absolute Gasteiger partial charge is 0.493 e. The molecule has 2 aromatic carbocycles. The van der Waals surface area contributed by atoms with Crippen molar-refractivity contribution in [2.75, 3.05) is 33.2 Å². The smallest absolute Gasteiger partial charge is 0.343 e. The Kier molecular flexibility index (Phi) is 5.89.